The van der Waals surface area contributed by atoms with Crippen LogP contribution in [0.3, 0.4) is 0 Å². The van der Waals surface area contributed by atoms with Crippen LogP contribution in [0.5, 0.6) is 0 Å². The Morgan fingerprint density at radius 2 is 2.06 bits per heavy atom. The number of para-hydroxylation sites is 1. The Hall–Kier alpha value is -1.06. The molecule has 3 nitrogen and oxygen atoms in total. The Kier molecular flexibility index (Phi) is 4.25. The topological polar surface area (TPSA) is 32.5 Å². The molecule has 1 fully saturated rings. The first kappa shape index (κ1) is 13.4. The van der Waals surface area contributed by atoms with Crippen molar-refractivity contribution in [3.05, 3.63) is 29.8 Å². The van der Waals surface area contributed by atoms with Gasteiger partial charge >= 0.3 is 0 Å². The van der Waals surface area contributed by atoms with Crippen molar-refractivity contribution >= 4 is 5.69 Å². The Morgan fingerprint density at radius 1 is 1.33 bits per heavy atom. The van der Waals surface area contributed by atoms with Crippen molar-refractivity contribution in [3.8, 4) is 0 Å². The number of nitrogens with two attached hydrogens (primary N) is 1. The number of nitrogens with zero attached hydrogens (tertiary/aromatic N) is 2. The summed E-state index contributed by atoms with van der Waals surface area (Å²) in [4.78, 5) is 4.96. The Labute approximate surface area is 111 Å². The predicted molar refractivity (Wildman–Crippen MR) is 78.0 cm³/mol. The quantitative estimate of drug-likeness (QED) is 0.889. The van der Waals surface area contributed by atoms with Crippen molar-refractivity contribution in [1.29, 1.82) is 0 Å². The summed E-state index contributed by atoms with van der Waals surface area (Å²) in [5.74, 6) is 0. The molecular weight excluding hydrogens is 222 g/mol. The Morgan fingerprint density at radius 3 is 2.72 bits per heavy atom. The van der Waals surface area contributed by atoms with Gasteiger partial charge < -0.3 is 10.6 Å². The van der Waals surface area contributed by atoms with Crippen molar-refractivity contribution < 1.29 is 0 Å². The lowest BCUT2D eigenvalue weighted by Crippen LogP contribution is -2.51. The lowest BCUT2D eigenvalue weighted by molar-refractivity contribution is 0.213. The lowest BCUT2D eigenvalue weighted by Gasteiger charge is -2.41. The highest BCUT2D eigenvalue weighted by Gasteiger charge is 2.24. The molecule has 100 valence electrons. The van der Waals surface area contributed by atoms with E-state index in [0.717, 1.165) is 19.6 Å². The van der Waals surface area contributed by atoms with Crippen molar-refractivity contribution in [3.63, 3.8) is 0 Å². The van der Waals surface area contributed by atoms with Crippen molar-refractivity contribution in [2.75, 3.05) is 31.6 Å². The third-order valence-corrected chi connectivity index (χ3v) is 4.02. The first-order chi connectivity index (χ1) is 8.63. The summed E-state index contributed by atoms with van der Waals surface area (Å²) in [7, 11) is 2.23. The van der Waals surface area contributed by atoms with Gasteiger partial charge in [0.25, 0.3) is 0 Å². The summed E-state index contributed by atoms with van der Waals surface area (Å²) in [6.45, 7) is 7.66. The molecule has 3 heteroatoms. The molecule has 1 heterocycles. The molecule has 0 saturated carbocycles. The van der Waals surface area contributed by atoms with Gasteiger partial charge in [0.1, 0.15) is 0 Å². The molecule has 0 aliphatic carbocycles. The van der Waals surface area contributed by atoms with Gasteiger partial charge in [-0.1, -0.05) is 25.1 Å². The maximum absolute atomic E-state index is 6.08. The molecule has 1 aromatic rings. The molecule has 18 heavy (non-hydrogen) atoms. The van der Waals surface area contributed by atoms with Crippen LogP contribution in [0.1, 0.15) is 31.9 Å². The highest BCUT2D eigenvalue weighted by Crippen LogP contribution is 2.27. The molecule has 0 bridgehead atoms. The molecule has 1 aromatic carbocycles. The maximum Gasteiger partial charge on any atom is 0.0415 e. The number of likely N-dealkylation sites (N-methyl/N-ethyl adjacent to an activating group) is 1. The van der Waals surface area contributed by atoms with Gasteiger partial charge in [-0.2, -0.15) is 0 Å². The van der Waals surface area contributed by atoms with Gasteiger partial charge in [0.15, 0.2) is 0 Å². The molecule has 0 radical (unpaired) electrons. The van der Waals surface area contributed by atoms with Crippen LogP contribution in [-0.4, -0.2) is 37.6 Å². The standard InChI is InChI=1S/C15H25N3/c1-4-13-11-18(10-9-17(13)3)15-8-6-5-7-14(15)12(2)16/h5-8,12-13H,4,9-11,16H2,1-3H3/t12-,13?/m0/s1. The lowest BCUT2D eigenvalue weighted by atomic mass is 10.0. The smallest absolute Gasteiger partial charge is 0.0415 e. The normalized spacial score (nSPS) is 23.1. The summed E-state index contributed by atoms with van der Waals surface area (Å²) < 4.78 is 0. The fourth-order valence-electron chi connectivity index (χ4n) is 2.77. The highest BCUT2D eigenvalue weighted by atomic mass is 15.3. The molecule has 1 aliphatic heterocycles. The van der Waals surface area contributed by atoms with E-state index in [9.17, 15) is 0 Å². The van der Waals surface area contributed by atoms with Crippen LogP contribution in [0.2, 0.25) is 0 Å². The minimum atomic E-state index is 0.0981. The first-order valence-electron chi connectivity index (χ1n) is 6.93. The van der Waals surface area contributed by atoms with E-state index in [1.54, 1.807) is 0 Å². The third kappa shape index (κ3) is 2.68. The average Bonchev–Trinajstić information content (AvgIpc) is 2.39. The Balaban J connectivity index is 2.21. The number of hydrogen-bond acceptors (Lipinski definition) is 3. The zero-order chi connectivity index (χ0) is 13.1. The van der Waals surface area contributed by atoms with E-state index < -0.39 is 0 Å². The first-order valence-corrected chi connectivity index (χ1v) is 6.93. The van der Waals surface area contributed by atoms with Crippen LogP contribution in [0.4, 0.5) is 5.69 Å². The van der Waals surface area contributed by atoms with E-state index in [1.807, 2.05) is 0 Å². The fourth-order valence-corrected chi connectivity index (χ4v) is 2.77. The van der Waals surface area contributed by atoms with Crippen LogP contribution in [0.15, 0.2) is 24.3 Å². The van der Waals surface area contributed by atoms with Gasteiger partial charge in [0.05, 0.1) is 0 Å². The van der Waals surface area contributed by atoms with E-state index >= 15 is 0 Å². The van der Waals surface area contributed by atoms with Crippen molar-refractivity contribution in [2.24, 2.45) is 5.73 Å². The van der Waals surface area contributed by atoms with Crippen LogP contribution in [0.25, 0.3) is 0 Å². The van der Waals surface area contributed by atoms with Gasteiger partial charge in [0, 0.05) is 37.4 Å². The number of rotatable bonds is 3. The number of benzene rings is 1. The van der Waals surface area contributed by atoms with E-state index in [1.165, 1.54) is 17.7 Å². The average molecular weight is 247 g/mol. The summed E-state index contributed by atoms with van der Waals surface area (Å²) in [6.07, 6.45) is 1.20. The molecule has 1 saturated heterocycles. The van der Waals surface area contributed by atoms with Gasteiger partial charge in [-0.25, -0.2) is 0 Å². The minimum absolute atomic E-state index is 0.0981. The zero-order valence-electron chi connectivity index (χ0n) is 11.8. The zero-order valence-corrected chi connectivity index (χ0v) is 11.8. The minimum Gasteiger partial charge on any atom is -0.368 e. The summed E-state index contributed by atoms with van der Waals surface area (Å²) in [5.41, 5.74) is 8.66. The van der Waals surface area contributed by atoms with Crippen LogP contribution >= 0.6 is 0 Å². The van der Waals surface area contributed by atoms with Crippen LogP contribution in [0, 0.1) is 0 Å². The number of anilines is 1. The molecule has 0 aromatic heterocycles. The molecule has 0 amide bonds. The van der Waals surface area contributed by atoms with Gasteiger partial charge in [0.2, 0.25) is 0 Å². The van der Waals surface area contributed by atoms with Crippen molar-refractivity contribution in [2.45, 2.75) is 32.4 Å². The third-order valence-electron chi connectivity index (χ3n) is 4.02. The number of piperazine rings is 1. The summed E-state index contributed by atoms with van der Waals surface area (Å²) in [6, 6.07) is 9.30. The van der Waals surface area contributed by atoms with Crippen LogP contribution in [-0.2, 0) is 0 Å². The fraction of sp³-hybridized carbons (Fsp3) is 0.600. The molecule has 2 N–H and O–H groups in total. The van der Waals surface area contributed by atoms with E-state index in [4.69, 9.17) is 5.73 Å². The van der Waals surface area contributed by atoms with E-state index in [-0.39, 0.29) is 6.04 Å². The molecule has 0 spiro atoms. The number of hydrogen-bond donors (Lipinski definition) is 1. The summed E-state index contributed by atoms with van der Waals surface area (Å²) in [5, 5.41) is 0. The largest absolute Gasteiger partial charge is 0.368 e. The second kappa shape index (κ2) is 5.72. The van der Waals surface area contributed by atoms with Gasteiger partial charge in [-0.15, -0.1) is 0 Å². The molecule has 1 unspecified atom stereocenters. The van der Waals surface area contributed by atoms with E-state index in [0.29, 0.717) is 6.04 Å². The van der Waals surface area contributed by atoms with Crippen molar-refractivity contribution in [1.82, 2.24) is 4.90 Å². The maximum atomic E-state index is 6.08. The molecule has 1 aliphatic rings. The van der Waals surface area contributed by atoms with Gasteiger partial charge in [-0.3, -0.25) is 4.90 Å². The highest BCUT2D eigenvalue weighted by molar-refractivity contribution is 5.55. The predicted octanol–water partition coefficient (Wildman–Crippen LogP) is 2.24. The monoisotopic (exact) mass is 247 g/mol. The second-order valence-corrected chi connectivity index (χ2v) is 5.34. The molecular formula is C15H25N3. The second-order valence-electron chi connectivity index (χ2n) is 5.34. The van der Waals surface area contributed by atoms with Gasteiger partial charge in [-0.05, 0) is 32.0 Å². The van der Waals surface area contributed by atoms with E-state index in [2.05, 4.69) is 55.0 Å². The summed E-state index contributed by atoms with van der Waals surface area (Å²) >= 11 is 0. The molecule has 2 atom stereocenters. The Bertz CT molecular complexity index is 389. The van der Waals surface area contributed by atoms with Crippen LogP contribution < -0.4 is 10.6 Å². The molecule has 2 rings (SSSR count). The SMILES string of the molecule is CCC1CN(c2ccccc2[C@H](C)N)CCN1C.